The molecule has 35 heavy (non-hydrogen) atoms. The quantitative estimate of drug-likeness (QED) is 0.275. The normalized spacial score (nSPS) is 12.6. The van der Waals surface area contributed by atoms with Gasteiger partial charge >= 0.3 is 5.97 Å². The molecule has 0 aliphatic heterocycles. The van der Waals surface area contributed by atoms with E-state index in [1.165, 1.54) is 0 Å². The van der Waals surface area contributed by atoms with Crippen LogP contribution in [0.2, 0.25) is 5.02 Å². The fraction of sp³-hybridized carbons (Fsp3) is 0.148. The summed E-state index contributed by atoms with van der Waals surface area (Å²) in [5, 5.41) is 29.3. The highest BCUT2D eigenvalue weighted by Crippen LogP contribution is 2.26. The van der Waals surface area contributed by atoms with Crippen LogP contribution in [-0.2, 0) is 11.2 Å². The molecule has 0 aliphatic rings. The molecule has 0 saturated heterocycles. The second-order valence-electron chi connectivity index (χ2n) is 8.17. The smallest absolute Gasteiger partial charge is 0.332 e. The zero-order chi connectivity index (χ0) is 24.8. The van der Waals surface area contributed by atoms with Gasteiger partial charge < -0.3 is 15.5 Å². The first-order valence-electron chi connectivity index (χ1n) is 11.1. The van der Waals surface area contributed by atoms with Crippen molar-refractivity contribution in [2.45, 2.75) is 25.0 Å². The summed E-state index contributed by atoms with van der Waals surface area (Å²) in [4.78, 5) is 24.2. The highest BCUT2D eigenvalue weighted by atomic mass is 35.5. The van der Waals surface area contributed by atoms with E-state index in [0.29, 0.717) is 22.7 Å². The maximum absolute atomic E-state index is 12.9. The molecule has 4 N–H and O–H groups in total. The van der Waals surface area contributed by atoms with Crippen LogP contribution in [0.25, 0.3) is 22.4 Å². The fourth-order valence-corrected chi connectivity index (χ4v) is 4.06. The summed E-state index contributed by atoms with van der Waals surface area (Å²) >= 11 is 6.23. The molecular formula is C27H24ClN3O4. The first-order valence-corrected chi connectivity index (χ1v) is 11.4. The van der Waals surface area contributed by atoms with Gasteiger partial charge in [0, 0.05) is 23.0 Å². The number of aromatic nitrogens is 2. The number of aromatic amines is 1. The standard InChI is InChI=1S/C27H24ClN3O4/c28-22-9-5-4-8-21(22)23-16-24(31-30-23)26(33)29-20(15-25(32)27(34)35)14-17-10-12-19(13-11-17)18-6-2-1-3-7-18/h1-13,16,20,25,32H,14-15H2,(H,29,33)(H,30,31)(H,34,35)/t20?,25-/m1/s1. The molecule has 0 saturated carbocycles. The predicted octanol–water partition coefficient (Wildman–Crippen LogP) is 4.57. The van der Waals surface area contributed by atoms with Gasteiger partial charge in [0.05, 0.1) is 5.69 Å². The molecule has 4 rings (SSSR count). The number of rotatable bonds is 9. The van der Waals surface area contributed by atoms with E-state index in [-0.39, 0.29) is 12.1 Å². The number of benzene rings is 3. The van der Waals surface area contributed by atoms with Crippen LogP contribution in [0.5, 0.6) is 0 Å². The van der Waals surface area contributed by atoms with Gasteiger partial charge in [-0.3, -0.25) is 9.89 Å². The molecule has 1 aromatic heterocycles. The summed E-state index contributed by atoms with van der Waals surface area (Å²) in [5.41, 5.74) is 4.44. The first-order chi connectivity index (χ1) is 16.9. The Morgan fingerprint density at radius 1 is 0.943 bits per heavy atom. The number of nitrogens with zero attached hydrogens (tertiary/aromatic N) is 1. The number of halogens is 1. The maximum atomic E-state index is 12.9. The average Bonchev–Trinajstić information content (AvgIpc) is 3.35. The van der Waals surface area contributed by atoms with Crippen molar-refractivity contribution < 1.29 is 19.8 Å². The lowest BCUT2D eigenvalue weighted by molar-refractivity contribution is -0.147. The number of aliphatic hydroxyl groups is 1. The predicted molar refractivity (Wildman–Crippen MR) is 134 cm³/mol. The van der Waals surface area contributed by atoms with E-state index in [1.807, 2.05) is 66.7 Å². The lowest BCUT2D eigenvalue weighted by Gasteiger charge is -2.20. The molecule has 0 spiro atoms. The van der Waals surface area contributed by atoms with Crippen LogP contribution in [0, 0.1) is 0 Å². The number of carboxylic acid groups (broad SMARTS) is 1. The fourth-order valence-electron chi connectivity index (χ4n) is 3.83. The number of nitrogens with one attached hydrogen (secondary N) is 2. The van der Waals surface area contributed by atoms with Gasteiger partial charge in [-0.15, -0.1) is 0 Å². The van der Waals surface area contributed by atoms with Crippen LogP contribution in [0.3, 0.4) is 0 Å². The third-order valence-electron chi connectivity index (χ3n) is 5.65. The molecule has 7 nitrogen and oxygen atoms in total. The largest absolute Gasteiger partial charge is 0.479 e. The van der Waals surface area contributed by atoms with E-state index in [2.05, 4.69) is 15.5 Å². The zero-order valence-corrected chi connectivity index (χ0v) is 19.4. The molecule has 3 aromatic carbocycles. The maximum Gasteiger partial charge on any atom is 0.332 e. The van der Waals surface area contributed by atoms with Gasteiger partial charge in [0.2, 0.25) is 0 Å². The van der Waals surface area contributed by atoms with Gasteiger partial charge in [-0.25, -0.2) is 4.79 Å². The van der Waals surface area contributed by atoms with Crippen molar-refractivity contribution in [3.8, 4) is 22.4 Å². The van der Waals surface area contributed by atoms with Crippen LogP contribution < -0.4 is 5.32 Å². The molecular weight excluding hydrogens is 466 g/mol. The number of carbonyl (C=O) groups is 2. The monoisotopic (exact) mass is 489 g/mol. The molecule has 0 radical (unpaired) electrons. The number of aliphatic hydroxyl groups excluding tert-OH is 1. The van der Waals surface area contributed by atoms with Gasteiger partial charge in [0.1, 0.15) is 0 Å². The Hall–Kier alpha value is -3.94. The van der Waals surface area contributed by atoms with E-state index in [1.54, 1.807) is 18.2 Å². The number of hydrogen-bond donors (Lipinski definition) is 4. The second kappa shape index (κ2) is 11.0. The molecule has 0 fully saturated rings. The van der Waals surface area contributed by atoms with E-state index in [0.717, 1.165) is 16.7 Å². The summed E-state index contributed by atoms with van der Waals surface area (Å²) in [6.45, 7) is 0. The highest BCUT2D eigenvalue weighted by Gasteiger charge is 2.23. The Morgan fingerprint density at radius 3 is 2.29 bits per heavy atom. The van der Waals surface area contributed by atoms with Gasteiger partial charge in [-0.2, -0.15) is 5.10 Å². The minimum Gasteiger partial charge on any atom is -0.479 e. The second-order valence-corrected chi connectivity index (χ2v) is 8.58. The summed E-state index contributed by atoms with van der Waals surface area (Å²) < 4.78 is 0. The molecule has 1 amide bonds. The minimum absolute atomic E-state index is 0.133. The third kappa shape index (κ3) is 6.15. The number of H-pyrrole nitrogens is 1. The molecule has 8 heteroatoms. The molecule has 0 aliphatic carbocycles. The van der Waals surface area contributed by atoms with Crippen molar-refractivity contribution in [1.29, 1.82) is 0 Å². The Balaban J connectivity index is 1.49. The number of hydrogen-bond acceptors (Lipinski definition) is 4. The molecule has 1 unspecified atom stereocenters. The van der Waals surface area contributed by atoms with Crippen LogP contribution in [-0.4, -0.2) is 44.4 Å². The summed E-state index contributed by atoms with van der Waals surface area (Å²) in [6, 6.07) is 25.9. The van der Waals surface area contributed by atoms with E-state index < -0.39 is 24.0 Å². The van der Waals surface area contributed by atoms with Crippen LogP contribution in [0.1, 0.15) is 22.5 Å². The number of amides is 1. The van der Waals surface area contributed by atoms with E-state index >= 15 is 0 Å². The van der Waals surface area contributed by atoms with Crippen LogP contribution in [0.4, 0.5) is 0 Å². The average molecular weight is 490 g/mol. The van der Waals surface area contributed by atoms with Crippen molar-refractivity contribution >= 4 is 23.5 Å². The van der Waals surface area contributed by atoms with Crippen LogP contribution in [0.15, 0.2) is 84.9 Å². The summed E-state index contributed by atoms with van der Waals surface area (Å²) in [5.74, 6) is -1.83. The van der Waals surface area contributed by atoms with Crippen molar-refractivity contribution in [2.24, 2.45) is 0 Å². The van der Waals surface area contributed by atoms with E-state index in [9.17, 15) is 19.8 Å². The molecule has 178 valence electrons. The summed E-state index contributed by atoms with van der Waals surface area (Å²) in [7, 11) is 0. The Labute approximate surface area is 207 Å². The SMILES string of the molecule is O=C(NC(Cc1ccc(-c2ccccc2)cc1)C[C@@H](O)C(=O)O)c1cc(-c2ccccc2Cl)[nH]n1. The topological polar surface area (TPSA) is 115 Å². The molecule has 4 aromatic rings. The van der Waals surface area contributed by atoms with Gasteiger partial charge in [0.15, 0.2) is 11.8 Å². The number of carboxylic acids is 1. The highest BCUT2D eigenvalue weighted by molar-refractivity contribution is 6.33. The number of carbonyl (C=O) groups excluding carboxylic acids is 1. The minimum atomic E-state index is -1.61. The van der Waals surface area contributed by atoms with Gasteiger partial charge in [0.25, 0.3) is 5.91 Å². The lowest BCUT2D eigenvalue weighted by atomic mass is 9.97. The molecule has 0 bridgehead atoms. The van der Waals surface area contributed by atoms with Crippen molar-refractivity contribution in [3.05, 3.63) is 101 Å². The Bertz CT molecular complexity index is 1310. The van der Waals surface area contributed by atoms with Gasteiger partial charge in [-0.1, -0.05) is 84.4 Å². The molecule has 2 atom stereocenters. The third-order valence-corrected chi connectivity index (χ3v) is 5.98. The van der Waals surface area contributed by atoms with Crippen LogP contribution >= 0.6 is 11.6 Å². The Morgan fingerprint density at radius 2 is 1.60 bits per heavy atom. The van der Waals surface area contributed by atoms with Crippen molar-refractivity contribution in [1.82, 2.24) is 15.5 Å². The number of aliphatic carboxylic acids is 1. The Kier molecular flexibility index (Phi) is 7.60. The lowest BCUT2D eigenvalue weighted by Crippen LogP contribution is -2.40. The summed E-state index contributed by atoms with van der Waals surface area (Å²) in [6.07, 6.45) is -1.42. The zero-order valence-electron chi connectivity index (χ0n) is 18.7. The molecule has 1 heterocycles. The van der Waals surface area contributed by atoms with Gasteiger partial charge in [-0.05, 0) is 35.2 Å². The van der Waals surface area contributed by atoms with Crippen molar-refractivity contribution in [2.75, 3.05) is 0 Å². The first kappa shape index (κ1) is 24.2. The van der Waals surface area contributed by atoms with E-state index in [4.69, 9.17) is 11.6 Å². The van der Waals surface area contributed by atoms with Crippen molar-refractivity contribution in [3.63, 3.8) is 0 Å².